The number of aromatic amines is 1. The molecule has 0 atom stereocenters. The quantitative estimate of drug-likeness (QED) is 0.776. The van der Waals surface area contributed by atoms with Crippen molar-refractivity contribution in [3.05, 3.63) is 42.2 Å². The lowest BCUT2D eigenvalue weighted by Crippen LogP contribution is -2.13. The molecule has 0 radical (unpaired) electrons. The lowest BCUT2D eigenvalue weighted by atomic mass is 10.3. The standard InChI is InChI=1S/C13H18N4O2S/c1-17(2)12-5-3-4-10(6-12)16-20(18,19)13-7-11(8-14)15-9-13/h3-7,9,15-16H,8,14H2,1-2H3. The van der Waals surface area contributed by atoms with Crippen LogP contribution < -0.4 is 15.4 Å². The summed E-state index contributed by atoms with van der Waals surface area (Å²) < 4.78 is 27.0. The van der Waals surface area contributed by atoms with Gasteiger partial charge in [0.15, 0.2) is 0 Å². The molecule has 0 saturated carbocycles. The van der Waals surface area contributed by atoms with Crippen molar-refractivity contribution in [2.45, 2.75) is 11.4 Å². The molecule has 20 heavy (non-hydrogen) atoms. The summed E-state index contributed by atoms with van der Waals surface area (Å²) in [6.45, 7) is 0.269. The molecule has 2 rings (SSSR count). The molecule has 0 spiro atoms. The number of nitrogens with two attached hydrogens (primary N) is 1. The molecule has 1 aromatic carbocycles. The third-order valence-corrected chi connectivity index (χ3v) is 4.22. The van der Waals surface area contributed by atoms with E-state index in [0.717, 1.165) is 5.69 Å². The summed E-state index contributed by atoms with van der Waals surface area (Å²) in [4.78, 5) is 4.90. The number of benzene rings is 1. The average Bonchev–Trinajstić information content (AvgIpc) is 2.88. The number of aromatic nitrogens is 1. The predicted molar refractivity (Wildman–Crippen MR) is 80.3 cm³/mol. The predicted octanol–water partition coefficient (Wildman–Crippen LogP) is 1.34. The van der Waals surface area contributed by atoms with Gasteiger partial charge in [0.2, 0.25) is 0 Å². The highest BCUT2D eigenvalue weighted by molar-refractivity contribution is 7.92. The van der Waals surface area contributed by atoms with E-state index in [1.54, 1.807) is 18.2 Å². The fourth-order valence-electron chi connectivity index (χ4n) is 1.75. The minimum Gasteiger partial charge on any atom is -0.378 e. The van der Waals surface area contributed by atoms with Crippen LogP contribution in [0, 0.1) is 0 Å². The van der Waals surface area contributed by atoms with Crippen molar-refractivity contribution in [3.63, 3.8) is 0 Å². The molecule has 0 aliphatic heterocycles. The Morgan fingerprint density at radius 2 is 2.05 bits per heavy atom. The van der Waals surface area contributed by atoms with Crippen LogP contribution in [-0.2, 0) is 16.6 Å². The van der Waals surface area contributed by atoms with Crippen LogP contribution in [-0.4, -0.2) is 27.5 Å². The first-order chi connectivity index (χ1) is 9.42. The van der Waals surface area contributed by atoms with Crippen LogP contribution >= 0.6 is 0 Å². The minimum atomic E-state index is -3.60. The second kappa shape index (κ2) is 5.56. The van der Waals surface area contributed by atoms with Crippen LogP contribution in [0.15, 0.2) is 41.4 Å². The Hall–Kier alpha value is -1.99. The molecule has 6 nitrogen and oxygen atoms in total. The summed E-state index contributed by atoms with van der Waals surface area (Å²) in [5.74, 6) is 0. The molecule has 4 N–H and O–H groups in total. The van der Waals surface area contributed by atoms with E-state index < -0.39 is 10.0 Å². The Morgan fingerprint density at radius 3 is 2.65 bits per heavy atom. The number of anilines is 2. The van der Waals surface area contributed by atoms with Crippen LogP contribution in [0.25, 0.3) is 0 Å². The second-order valence-corrected chi connectivity index (χ2v) is 6.30. The van der Waals surface area contributed by atoms with Crippen molar-refractivity contribution in [2.24, 2.45) is 5.73 Å². The fraction of sp³-hybridized carbons (Fsp3) is 0.231. The molecular weight excluding hydrogens is 276 g/mol. The Balaban J connectivity index is 2.26. The van der Waals surface area contributed by atoms with Crippen LogP contribution in [0.5, 0.6) is 0 Å². The van der Waals surface area contributed by atoms with Crippen molar-refractivity contribution in [1.29, 1.82) is 0 Å². The number of H-pyrrole nitrogens is 1. The molecular formula is C13H18N4O2S. The van der Waals surface area contributed by atoms with Gasteiger partial charge in [-0.15, -0.1) is 0 Å². The molecule has 108 valence electrons. The van der Waals surface area contributed by atoms with Gasteiger partial charge in [0.1, 0.15) is 4.90 Å². The lowest BCUT2D eigenvalue weighted by Gasteiger charge is -2.14. The van der Waals surface area contributed by atoms with E-state index in [1.807, 2.05) is 25.1 Å². The lowest BCUT2D eigenvalue weighted by molar-refractivity contribution is 0.601. The number of hydrogen-bond acceptors (Lipinski definition) is 4. The van der Waals surface area contributed by atoms with Gasteiger partial charge >= 0.3 is 0 Å². The van der Waals surface area contributed by atoms with Gasteiger partial charge in [0, 0.05) is 38.2 Å². The minimum absolute atomic E-state index is 0.174. The average molecular weight is 294 g/mol. The first-order valence-electron chi connectivity index (χ1n) is 6.10. The van der Waals surface area contributed by atoms with Gasteiger partial charge in [-0.2, -0.15) is 0 Å². The van der Waals surface area contributed by atoms with Crippen molar-refractivity contribution in [2.75, 3.05) is 23.7 Å². The molecule has 0 unspecified atom stereocenters. The highest BCUT2D eigenvalue weighted by atomic mass is 32.2. The van der Waals surface area contributed by atoms with Crippen molar-refractivity contribution >= 4 is 21.4 Å². The van der Waals surface area contributed by atoms with E-state index >= 15 is 0 Å². The van der Waals surface area contributed by atoms with E-state index in [-0.39, 0.29) is 11.4 Å². The number of hydrogen-bond donors (Lipinski definition) is 3. The normalized spacial score (nSPS) is 11.3. The SMILES string of the molecule is CN(C)c1cccc(NS(=O)(=O)c2c[nH]c(CN)c2)c1. The highest BCUT2D eigenvalue weighted by Gasteiger charge is 2.16. The van der Waals surface area contributed by atoms with Crippen molar-refractivity contribution < 1.29 is 8.42 Å². The molecule has 0 amide bonds. The summed E-state index contributed by atoms with van der Waals surface area (Å²) in [7, 11) is 0.192. The van der Waals surface area contributed by atoms with E-state index in [4.69, 9.17) is 5.73 Å². The zero-order chi connectivity index (χ0) is 14.8. The molecule has 0 aliphatic carbocycles. The van der Waals surface area contributed by atoms with E-state index in [9.17, 15) is 8.42 Å². The second-order valence-electron chi connectivity index (χ2n) is 4.61. The van der Waals surface area contributed by atoms with Crippen LogP contribution in [0.2, 0.25) is 0 Å². The van der Waals surface area contributed by atoms with E-state index in [1.165, 1.54) is 12.3 Å². The molecule has 7 heteroatoms. The fourth-order valence-corrected chi connectivity index (χ4v) is 2.82. The van der Waals surface area contributed by atoms with E-state index in [2.05, 4.69) is 9.71 Å². The Morgan fingerprint density at radius 1 is 1.30 bits per heavy atom. The van der Waals surface area contributed by atoms with Gasteiger partial charge in [-0.05, 0) is 24.3 Å². The summed E-state index contributed by atoms with van der Waals surface area (Å²) in [5.41, 5.74) is 7.57. The maximum absolute atomic E-state index is 12.2. The van der Waals surface area contributed by atoms with Crippen molar-refractivity contribution in [1.82, 2.24) is 4.98 Å². The third kappa shape index (κ3) is 3.12. The molecule has 0 aliphatic rings. The summed E-state index contributed by atoms with van der Waals surface area (Å²) >= 11 is 0. The van der Waals surface area contributed by atoms with Crippen LogP contribution in [0.4, 0.5) is 11.4 Å². The smallest absolute Gasteiger partial charge is 0.263 e. The Kier molecular flexibility index (Phi) is 4.01. The van der Waals surface area contributed by atoms with Gasteiger partial charge in [-0.25, -0.2) is 8.42 Å². The first-order valence-corrected chi connectivity index (χ1v) is 7.58. The van der Waals surface area contributed by atoms with Gasteiger partial charge in [0.05, 0.1) is 5.69 Å². The summed E-state index contributed by atoms with van der Waals surface area (Å²) in [6, 6.07) is 8.71. The van der Waals surface area contributed by atoms with Crippen LogP contribution in [0.1, 0.15) is 5.69 Å². The molecule has 1 aromatic heterocycles. The number of rotatable bonds is 5. The molecule has 0 saturated heterocycles. The topological polar surface area (TPSA) is 91.2 Å². The van der Waals surface area contributed by atoms with Gasteiger partial charge in [-0.1, -0.05) is 6.07 Å². The number of nitrogens with zero attached hydrogens (tertiary/aromatic N) is 1. The molecule has 2 aromatic rings. The zero-order valence-corrected chi connectivity index (χ0v) is 12.2. The maximum Gasteiger partial charge on any atom is 0.263 e. The molecule has 1 heterocycles. The number of nitrogens with one attached hydrogen (secondary N) is 2. The first kappa shape index (κ1) is 14.4. The zero-order valence-electron chi connectivity index (χ0n) is 11.4. The Bertz CT molecular complexity index is 692. The summed E-state index contributed by atoms with van der Waals surface area (Å²) in [6.07, 6.45) is 1.43. The van der Waals surface area contributed by atoms with Gasteiger partial charge in [-0.3, -0.25) is 4.72 Å². The molecule has 0 fully saturated rings. The van der Waals surface area contributed by atoms with Gasteiger partial charge < -0.3 is 15.6 Å². The highest BCUT2D eigenvalue weighted by Crippen LogP contribution is 2.21. The number of sulfonamides is 1. The monoisotopic (exact) mass is 294 g/mol. The van der Waals surface area contributed by atoms with Crippen LogP contribution in [0.3, 0.4) is 0 Å². The maximum atomic E-state index is 12.2. The van der Waals surface area contributed by atoms with Crippen molar-refractivity contribution in [3.8, 4) is 0 Å². The van der Waals surface area contributed by atoms with E-state index in [0.29, 0.717) is 11.4 Å². The molecule has 0 bridgehead atoms. The largest absolute Gasteiger partial charge is 0.378 e. The van der Waals surface area contributed by atoms with Gasteiger partial charge in [0.25, 0.3) is 10.0 Å². The summed E-state index contributed by atoms with van der Waals surface area (Å²) in [5, 5.41) is 0. The Labute approximate surface area is 118 Å². The third-order valence-electron chi connectivity index (χ3n) is 2.86.